The van der Waals surface area contributed by atoms with Crippen molar-refractivity contribution in [2.45, 2.75) is 31.0 Å². The van der Waals surface area contributed by atoms with Crippen LogP contribution >= 0.6 is 0 Å². The number of carbonyl (C=O) groups is 2. The number of halogens is 3. The molecule has 2 unspecified atom stereocenters. The summed E-state index contributed by atoms with van der Waals surface area (Å²) >= 11 is 0. The molecule has 1 amide bonds. The van der Waals surface area contributed by atoms with Crippen LogP contribution in [0.2, 0.25) is 0 Å². The van der Waals surface area contributed by atoms with E-state index in [4.69, 9.17) is 9.84 Å². The molecular weight excluding hydrogens is 255 g/mol. The summed E-state index contributed by atoms with van der Waals surface area (Å²) in [6.45, 7) is -0.315. The number of rotatable bonds is 3. The Kier molecular flexibility index (Phi) is 2.80. The van der Waals surface area contributed by atoms with Crippen LogP contribution in [-0.4, -0.2) is 41.9 Å². The summed E-state index contributed by atoms with van der Waals surface area (Å²) in [5, 5.41) is 10.8. The molecule has 1 heterocycles. The minimum absolute atomic E-state index is 0.00970. The molecule has 2 rings (SSSR count). The lowest BCUT2D eigenvalue weighted by atomic mass is 9.88. The molecule has 2 atom stereocenters. The number of ether oxygens (including phenoxy) is 1. The average molecular weight is 267 g/mol. The highest BCUT2D eigenvalue weighted by atomic mass is 19.4. The Morgan fingerprint density at radius 1 is 1.33 bits per heavy atom. The number of carboxylic acids is 1. The molecule has 102 valence electrons. The van der Waals surface area contributed by atoms with Gasteiger partial charge in [0.25, 0.3) is 0 Å². The third-order valence-electron chi connectivity index (χ3n) is 3.66. The largest absolute Gasteiger partial charge is 0.481 e. The third-order valence-corrected chi connectivity index (χ3v) is 3.66. The molecule has 8 heteroatoms. The van der Waals surface area contributed by atoms with Gasteiger partial charge in [-0.15, -0.1) is 0 Å². The van der Waals surface area contributed by atoms with Crippen LogP contribution in [0.25, 0.3) is 0 Å². The highest BCUT2D eigenvalue weighted by molar-refractivity contribution is 5.81. The van der Waals surface area contributed by atoms with Crippen molar-refractivity contribution in [1.82, 2.24) is 5.32 Å². The first-order valence-corrected chi connectivity index (χ1v) is 5.42. The van der Waals surface area contributed by atoms with Crippen LogP contribution in [-0.2, 0) is 14.3 Å². The van der Waals surface area contributed by atoms with Gasteiger partial charge in [-0.2, -0.15) is 13.2 Å². The molecule has 0 aromatic heterocycles. The first-order valence-electron chi connectivity index (χ1n) is 5.42. The second-order valence-electron chi connectivity index (χ2n) is 4.91. The predicted octanol–water partition coefficient (Wildman–Crippen LogP) is 0.689. The molecule has 2 fully saturated rings. The first kappa shape index (κ1) is 13.1. The third kappa shape index (κ3) is 2.05. The normalized spacial score (nSPS) is 34.6. The number of alkyl halides is 3. The van der Waals surface area contributed by atoms with Crippen LogP contribution < -0.4 is 5.32 Å². The topological polar surface area (TPSA) is 75.6 Å². The molecule has 2 bridgehead atoms. The van der Waals surface area contributed by atoms with Crippen molar-refractivity contribution in [2.75, 3.05) is 13.2 Å². The molecule has 0 radical (unpaired) electrons. The Morgan fingerprint density at radius 3 is 2.39 bits per heavy atom. The maximum absolute atomic E-state index is 12.0. The van der Waals surface area contributed by atoms with Crippen molar-refractivity contribution in [1.29, 1.82) is 0 Å². The fraction of sp³-hybridized carbons (Fsp3) is 0.800. The average Bonchev–Trinajstić information content (AvgIpc) is 2.82. The monoisotopic (exact) mass is 267 g/mol. The van der Waals surface area contributed by atoms with E-state index in [2.05, 4.69) is 0 Å². The molecule has 5 nitrogen and oxygen atoms in total. The molecule has 1 saturated carbocycles. The SMILES string of the molecule is O=C(NCC12CCC(C(=O)O)(CO1)C2)C(F)(F)F. The van der Waals surface area contributed by atoms with Crippen LogP contribution in [0, 0.1) is 5.41 Å². The van der Waals surface area contributed by atoms with E-state index in [-0.39, 0.29) is 19.6 Å². The van der Waals surface area contributed by atoms with Crippen molar-refractivity contribution in [3.63, 3.8) is 0 Å². The summed E-state index contributed by atoms with van der Waals surface area (Å²) in [6, 6.07) is 0. The molecule has 0 aromatic rings. The first-order chi connectivity index (χ1) is 8.19. The van der Waals surface area contributed by atoms with Crippen molar-refractivity contribution in [3.05, 3.63) is 0 Å². The fourth-order valence-electron chi connectivity index (χ4n) is 2.59. The van der Waals surface area contributed by atoms with Gasteiger partial charge in [-0.25, -0.2) is 0 Å². The van der Waals surface area contributed by atoms with E-state index in [1.54, 1.807) is 5.32 Å². The summed E-state index contributed by atoms with van der Waals surface area (Å²) in [6.07, 6.45) is -4.08. The van der Waals surface area contributed by atoms with E-state index in [0.29, 0.717) is 12.8 Å². The summed E-state index contributed by atoms with van der Waals surface area (Å²) in [5.41, 5.74) is -1.96. The van der Waals surface area contributed by atoms with Crippen molar-refractivity contribution >= 4 is 11.9 Å². The molecule has 18 heavy (non-hydrogen) atoms. The van der Waals surface area contributed by atoms with Crippen molar-refractivity contribution in [2.24, 2.45) is 5.41 Å². The number of hydrogen-bond acceptors (Lipinski definition) is 3. The molecule has 0 spiro atoms. The lowest BCUT2D eigenvalue weighted by molar-refractivity contribution is -0.174. The summed E-state index contributed by atoms with van der Waals surface area (Å²) in [7, 11) is 0. The van der Waals surface area contributed by atoms with E-state index in [1.165, 1.54) is 0 Å². The number of carboxylic acid groups (broad SMARTS) is 1. The molecule has 2 N–H and O–H groups in total. The number of aliphatic carboxylic acids is 1. The quantitative estimate of drug-likeness (QED) is 0.788. The minimum Gasteiger partial charge on any atom is -0.481 e. The second kappa shape index (κ2) is 3.84. The van der Waals surface area contributed by atoms with Crippen molar-refractivity contribution in [3.8, 4) is 0 Å². The van der Waals surface area contributed by atoms with Crippen molar-refractivity contribution < 1.29 is 32.6 Å². The summed E-state index contributed by atoms with van der Waals surface area (Å²) in [5.74, 6) is -3.02. The molecule has 2 aliphatic rings. The maximum atomic E-state index is 12.0. The second-order valence-corrected chi connectivity index (χ2v) is 4.91. The zero-order chi connectivity index (χ0) is 13.6. The minimum atomic E-state index is -4.93. The standard InChI is InChI=1S/C10H12F3NO4/c11-10(12,13)6(15)14-4-9-2-1-8(3-9,5-18-9)7(16)17/h1-5H2,(H,14,15)(H,16,17). The maximum Gasteiger partial charge on any atom is 0.471 e. The van der Waals surface area contributed by atoms with Crippen LogP contribution in [0.15, 0.2) is 0 Å². The van der Waals surface area contributed by atoms with Crippen LogP contribution in [0.4, 0.5) is 13.2 Å². The number of carbonyl (C=O) groups excluding carboxylic acids is 1. The van der Waals surface area contributed by atoms with Gasteiger partial charge in [0.15, 0.2) is 0 Å². The van der Waals surface area contributed by atoms with E-state index in [0.717, 1.165) is 0 Å². The van der Waals surface area contributed by atoms with E-state index >= 15 is 0 Å². The van der Waals surface area contributed by atoms with Crippen LogP contribution in [0.5, 0.6) is 0 Å². The van der Waals surface area contributed by atoms with Gasteiger partial charge in [0, 0.05) is 6.54 Å². The van der Waals surface area contributed by atoms with Gasteiger partial charge in [0.05, 0.1) is 17.6 Å². The van der Waals surface area contributed by atoms with Gasteiger partial charge in [0.2, 0.25) is 0 Å². The zero-order valence-electron chi connectivity index (χ0n) is 9.34. The molecular formula is C10H12F3NO4. The summed E-state index contributed by atoms with van der Waals surface area (Å²) in [4.78, 5) is 21.8. The van der Waals surface area contributed by atoms with E-state index < -0.39 is 29.1 Å². The predicted molar refractivity (Wildman–Crippen MR) is 51.7 cm³/mol. The smallest absolute Gasteiger partial charge is 0.471 e. The fourth-order valence-corrected chi connectivity index (χ4v) is 2.59. The van der Waals surface area contributed by atoms with E-state index in [1.807, 2.05) is 0 Å². The van der Waals surface area contributed by atoms with Gasteiger partial charge < -0.3 is 15.2 Å². The van der Waals surface area contributed by atoms with Crippen LogP contribution in [0.3, 0.4) is 0 Å². The highest BCUT2D eigenvalue weighted by Gasteiger charge is 2.60. The molecule has 1 aliphatic carbocycles. The number of fused-ring (bicyclic) bond motifs is 2. The Bertz CT molecular complexity index is 385. The zero-order valence-corrected chi connectivity index (χ0v) is 9.34. The Balaban J connectivity index is 1.97. The van der Waals surface area contributed by atoms with Crippen LogP contribution in [0.1, 0.15) is 19.3 Å². The van der Waals surface area contributed by atoms with Gasteiger partial charge in [-0.3, -0.25) is 9.59 Å². The Hall–Kier alpha value is -1.31. The van der Waals surface area contributed by atoms with E-state index in [9.17, 15) is 22.8 Å². The molecule has 0 aromatic carbocycles. The summed E-state index contributed by atoms with van der Waals surface area (Å²) < 4.78 is 41.4. The van der Waals surface area contributed by atoms with Gasteiger partial charge >= 0.3 is 18.1 Å². The van der Waals surface area contributed by atoms with Gasteiger partial charge in [-0.05, 0) is 19.3 Å². The van der Waals surface area contributed by atoms with Gasteiger partial charge in [-0.1, -0.05) is 0 Å². The Morgan fingerprint density at radius 2 is 2.00 bits per heavy atom. The van der Waals surface area contributed by atoms with Gasteiger partial charge in [0.1, 0.15) is 0 Å². The Labute approximate surface area is 100 Å². The highest BCUT2D eigenvalue weighted by Crippen LogP contribution is 2.52. The lowest BCUT2D eigenvalue weighted by Crippen LogP contribution is -2.46. The number of amides is 1. The number of hydrogen-bond donors (Lipinski definition) is 2. The lowest BCUT2D eigenvalue weighted by Gasteiger charge is -2.27. The number of nitrogens with one attached hydrogen (secondary N) is 1. The molecule has 1 saturated heterocycles. The molecule has 1 aliphatic heterocycles.